The summed E-state index contributed by atoms with van der Waals surface area (Å²) in [6, 6.07) is 15.7. The van der Waals surface area contributed by atoms with E-state index in [-0.39, 0.29) is 25.4 Å². The quantitative estimate of drug-likeness (QED) is 0.162. The molecular formula is C38H44Cl2N4O6. The highest BCUT2D eigenvalue weighted by molar-refractivity contribution is 6.31. The van der Waals surface area contributed by atoms with E-state index in [1.165, 1.54) is 0 Å². The van der Waals surface area contributed by atoms with E-state index in [0.717, 1.165) is 59.3 Å². The van der Waals surface area contributed by atoms with E-state index in [9.17, 15) is 10.2 Å². The molecule has 2 atom stereocenters. The highest BCUT2D eigenvalue weighted by atomic mass is 35.5. The maximum Gasteiger partial charge on any atom is 0.218 e. The van der Waals surface area contributed by atoms with Gasteiger partial charge in [0.2, 0.25) is 11.8 Å². The fraction of sp³-hybridized carbons (Fsp3) is 0.421. The van der Waals surface area contributed by atoms with Crippen molar-refractivity contribution in [3.05, 3.63) is 92.2 Å². The molecule has 2 N–H and O–H groups in total. The van der Waals surface area contributed by atoms with E-state index in [1.807, 2.05) is 50.2 Å². The Kier molecular flexibility index (Phi) is 11.7. The van der Waals surface area contributed by atoms with Crippen LogP contribution in [0.15, 0.2) is 48.5 Å². The number of aliphatic hydroxyl groups is 2. The van der Waals surface area contributed by atoms with E-state index in [0.29, 0.717) is 70.9 Å². The van der Waals surface area contributed by atoms with Gasteiger partial charge in [0.25, 0.3) is 0 Å². The van der Waals surface area contributed by atoms with Crippen molar-refractivity contribution in [1.29, 1.82) is 0 Å². The molecule has 4 aromatic rings. The zero-order valence-electron chi connectivity index (χ0n) is 28.9. The van der Waals surface area contributed by atoms with Gasteiger partial charge in [-0.2, -0.15) is 0 Å². The summed E-state index contributed by atoms with van der Waals surface area (Å²) in [6.45, 7) is 8.48. The van der Waals surface area contributed by atoms with Crippen LogP contribution in [0.5, 0.6) is 23.3 Å². The Labute approximate surface area is 303 Å². The van der Waals surface area contributed by atoms with Crippen LogP contribution in [0.25, 0.3) is 11.1 Å². The Balaban J connectivity index is 1.15. The molecule has 2 aromatic heterocycles. The van der Waals surface area contributed by atoms with Gasteiger partial charge in [-0.3, -0.25) is 9.80 Å². The van der Waals surface area contributed by atoms with E-state index in [2.05, 4.69) is 31.9 Å². The van der Waals surface area contributed by atoms with Gasteiger partial charge in [-0.1, -0.05) is 47.5 Å². The molecule has 0 bridgehead atoms. The smallest absolute Gasteiger partial charge is 0.218 e. The summed E-state index contributed by atoms with van der Waals surface area (Å²) >= 11 is 13.4. The average Bonchev–Trinajstić information content (AvgIpc) is 3.71. The minimum atomic E-state index is -0.304. The number of likely N-dealkylation sites (tertiary alicyclic amines) is 2. The highest BCUT2D eigenvalue weighted by Gasteiger charge is 2.24. The Morgan fingerprint density at radius 1 is 0.700 bits per heavy atom. The predicted molar refractivity (Wildman–Crippen MR) is 193 cm³/mol. The minimum absolute atomic E-state index is 0.167. The summed E-state index contributed by atoms with van der Waals surface area (Å²) in [6.07, 6.45) is 0.908. The fourth-order valence-corrected chi connectivity index (χ4v) is 7.14. The van der Waals surface area contributed by atoms with Crippen molar-refractivity contribution in [2.24, 2.45) is 0 Å². The molecule has 2 saturated heterocycles. The third kappa shape index (κ3) is 8.28. The second-order valence-electron chi connectivity index (χ2n) is 13.0. The third-order valence-corrected chi connectivity index (χ3v) is 10.1. The summed E-state index contributed by atoms with van der Waals surface area (Å²) in [5.74, 6) is 2.43. The molecule has 0 aliphatic carbocycles. The van der Waals surface area contributed by atoms with Gasteiger partial charge in [0, 0.05) is 50.4 Å². The number of aliphatic hydroxyl groups excluding tert-OH is 2. The van der Waals surface area contributed by atoms with Crippen molar-refractivity contribution in [1.82, 2.24) is 19.8 Å². The monoisotopic (exact) mass is 722 g/mol. The van der Waals surface area contributed by atoms with Crippen LogP contribution in [0.4, 0.5) is 0 Å². The largest absolute Gasteiger partial charge is 0.487 e. The third-order valence-electron chi connectivity index (χ3n) is 9.43. The van der Waals surface area contributed by atoms with E-state index in [1.54, 1.807) is 14.2 Å². The van der Waals surface area contributed by atoms with Gasteiger partial charge in [0.05, 0.1) is 36.5 Å². The molecule has 0 radical (unpaired) electrons. The van der Waals surface area contributed by atoms with Crippen LogP contribution < -0.4 is 18.9 Å². The number of aromatic nitrogens is 2. The number of hydrogen-bond donors (Lipinski definition) is 2. The van der Waals surface area contributed by atoms with Gasteiger partial charge in [-0.25, -0.2) is 9.97 Å². The fourth-order valence-electron chi connectivity index (χ4n) is 6.68. The number of ether oxygens (including phenoxy) is 4. The van der Waals surface area contributed by atoms with Gasteiger partial charge < -0.3 is 29.2 Å². The topological polar surface area (TPSA) is 110 Å². The molecule has 2 aliphatic heterocycles. The first-order valence-corrected chi connectivity index (χ1v) is 17.6. The Morgan fingerprint density at radius 2 is 1.12 bits per heavy atom. The summed E-state index contributed by atoms with van der Waals surface area (Å²) in [5.41, 5.74) is 6.87. The van der Waals surface area contributed by atoms with Crippen LogP contribution in [0.3, 0.4) is 0 Å². The number of methoxy groups -OCH3 is 2. The Hall–Kier alpha value is -3.64. The number of hydrogen-bond acceptors (Lipinski definition) is 10. The first-order chi connectivity index (χ1) is 24.1. The zero-order chi connectivity index (χ0) is 35.4. The van der Waals surface area contributed by atoms with Crippen LogP contribution in [-0.4, -0.2) is 82.6 Å². The number of benzene rings is 2. The van der Waals surface area contributed by atoms with Crippen molar-refractivity contribution in [2.45, 2.75) is 65.2 Å². The van der Waals surface area contributed by atoms with Crippen molar-refractivity contribution < 1.29 is 29.2 Å². The Bertz CT molecular complexity index is 1690. The standard InChI is InChI=1S/C38H44Cl2N4O6/c1-23-29(7-5-9-35(23)49-21-33-31(39)15-25(37(41-33)47-3)17-43-13-11-27(45)19-43)30-8-6-10-36(24(30)2)50-22-34-32(40)16-26(38(42-34)48-4)18-44-14-12-28(46)20-44/h5-10,15-16,27-28,45-46H,11-14,17-22H2,1-4H3/t27-,28-/m1/s1. The average molecular weight is 724 g/mol. The van der Waals surface area contributed by atoms with Gasteiger partial charge >= 0.3 is 0 Å². The number of pyridine rings is 2. The molecular weight excluding hydrogens is 679 g/mol. The van der Waals surface area contributed by atoms with Gasteiger partial charge in [0.15, 0.2) is 0 Å². The SMILES string of the molecule is COc1nc(COc2cccc(-c3cccc(OCc4nc(OC)c(CN5CC[C@@H](O)C5)cc4Cl)c3C)c2C)c(Cl)cc1CN1CC[C@@H](O)C1. The molecule has 10 nitrogen and oxygen atoms in total. The molecule has 0 spiro atoms. The van der Waals surface area contributed by atoms with Gasteiger partial charge in [-0.05, 0) is 73.2 Å². The van der Waals surface area contributed by atoms with Crippen LogP contribution in [-0.2, 0) is 26.3 Å². The maximum atomic E-state index is 9.91. The summed E-state index contributed by atoms with van der Waals surface area (Å²) in [7, 11) is 3.19. The van der Waals surface area contributed by atoms with Crippen molar-refractivity contribution in [3.63, 3.8) is 0 Å². The number of β-amino-alcohol motifs (C(OH)–C–C–N with tert-alkyl or cyclic N) is 2. The zero-order valence-corrected chi connectivity index (χ0v) is 30.4. The molecule has 4 heterocycles. The number of rotatable bonds is 13. The van der Waals surface area contributed by atoms with Crippen LogP contribution in [0.2, 0.25) is 10.0 Å². The van der Waals surface area contributed by atoms with Crippen LogP contribution in [0, 0.1) is 13.8 Å². The van der Waals surface area contributed by atoms with Crippen molar-refractivity contribution in [3.8, 4) is 34.4 Å². The molecule has 50 heavy (non-hydrogen) atoms. The van der Waals surface area contributed by atoms with Gasteiger partial charge in [-0.15, -0.1) is 0 Å². The lowest BCUT2D eigenvalue weighted by molar-refractivity contribution is 0.174. The van der Waals surface area contributed by atoms with Gasteiger partial charge in [0.1, 0.15) is 36.1 Å². The Morgan fingerprint density at radius 3 is 1.48 bits per heavy atom. The van der Waals surface area contributed by atoms with Crippen molar-refractivity contribution in [2.75, 3.05) is 40.4 Å². The molecule has 266 valence electrons. The molecule has 0 saturated carbocycles. The lowest BCUT2D eigenvalue weighted by Crippen LogP contribution is -2.22. The highest BCUT2D eigenvalue weighted by Crippen LogP contribution is 2.37. The second-order valence-corrected chi connectivity index (χ2v) is 13.8. The molecule has 0 amide bonds. The van der Waals surface area contributed by atoms with Crippen LogP contribution in [0.1, 0.15) is 46.5 Å². The summed E-state index contributed by atoms with van der Waals surface area (Å²) in [5, 5.41) is 20.8. The second kappa shape index (κ2) is 16.1. The van der Waals surface area contributed by atoms with Crippen LogP contribution >= 0.6 is 23.2 Å². The first kappa shape index (κ1) is 36.2. The van der Waals surface area contributed by atoms with E-state index in [4.69, 9.17) is 42.1 Å². The minimum Gasteiger partial charge on any atom is -0.487 e. The lowest BCUT2D eigenvalue weighted by Gasteiger charge is -2.19. The van der Waals surface area contributed by atoms with E-state index >= 15 is 0 Å². The molecule has 2 aliphatic rings. The maximum absolute atomic E-state index is 9.91. The van der Waals surface area contributed by atoms with Crippen molar-refractivity contribution >= 4 is 23.2 Å². The summed E-state index contributed by atoms with van der Waals surface area (Å²) < 4.78 is 23.8. The molecule has 6 rings (SSSR count). The lowest BCUT2D eigenvalue weighted by atomic mass is 9.95. The molecule has 12 heteroatoms. The number of nitrogens with zero attached hydrogens (tertiary/aromatic N) is 4. The van der Waals surface area contributed by atoms with E-state index < -0.39 is 0 Å². The molecule has 2 fully saturated rings. The normalized spacial score (nSPS) is 18.1. The number of halogens is 2. The summed E-state index contributed by atoms with van der Waals surface area (Å²) in [4.78, 5) is 13.7. The molecule has 0 unspecified atom stereocenters. The molecule has 2 aromatic carbocycles. The first-order valence-electron chi connectivity index (χ1n) is 16.8. The predicted octanol–water partition coefficient (Wildman–Crippen LogP) is 6.38.